The predicted octanol–water partition coefficient (Wildman–Crippen LogP) is 1.48. The van der Waals surface area contributed by atoms with Gasteiger partial charge in [-0.05, 0) is 17.5 Å². The van der Waals surface area contributed by atoms with Crippen LogP contribution in [0, 0.1) is 0 Å². The molecule has 0 rings (SSSR count). The second-order valence-corrected chi connectivity index (χ2v) is 2.14. The molecule has 0 aromatic heterocycles. The van der Waals surface area contributed by atoms with E-state index in [1.165, 1.54) is 6.08 Å². The van der Waals surface area contributed by atoms with Gasteiger partial charge in [-0.1, -0.05) is 15.9 Å². The summed E-state index contributed by atoms with van der Waals surface area (Å²) >= 11 is 3.06. The highest BCUT2D eigenvalue weighted by Gasteiger charge is 1.69. The quantitative estimate of drug-likeness (QED) is 0.407. The van der Waals surface area contributed by atoms with Crippen LogP contribution in [0.1, 0.15) is 6.92 Å². The normalized spacial score (nSPS) is 11.3. The number of rotatable bonds is 1. The van der Waals surface area contributed by atoms with Gasteiger partial charge in [0.1, 0.15) is 6.29 Å². The fraction of sp³-hybridized carbons (Fsp3) is 0.250. The minimum Gasteiger partial charge on any atom is -0.299 e. The molecule has 0 saturated carbocycles. The summed E-state index contributed by atoms with van der Waals surface area (Å²) in [6.45, 7) is 1.80. The molecule has 0 aliphatic heterocycles. The van der Waals surface area contributed by atoms with Crippen LogP contribution in [0.5, 0.6) is 0 Å². The van der Waals surface area contributed by atoms with Crippen molar-refractivity contribution in [1.82, 2.24) is 0 Å². The third kappa shape index (κ3) is 3.89. The van der Waals surface area contributed by atoms with E-state index in [0.29, 0.717) is 0 Å². The monoisotopic (exact) mass is 148 g/mol. The van der Waals surface area contributed by atoms with Crippen LogP contribution in [-0.4, -0.2) is 6.29 Å². The Labute approximate surface area is 45.2 Å². The molecule has 0 amide bonds. The van der Waals surface area contributed by atoms with Crippen LogP contribution >= 0.6 is 15.9 Å². The van der Waals surface area contributed by atoms with Crippen LogP contribution in [0.15, 0.2) is 10.6 Å². The summed E-state index contributed by atoms with van der Waals surface area (Å²) in [4.78, 5) is 9.51. The van der Waals surface area contributed by atoms with Crippen LogP contribution in [-0.2, 0) is 4.79 Å². The number of carbonyl (C=O) groups is 1. The summed E-state index contributed by atoms with van der Waals surface area (Å²) in [7, 11) is 0. The Kier molecular flexibility index (Phi) is 3.04. The Bertz CT molecular complexity index is 71.6. The van der Waals surface area contributed by atoms with Crippen molar-refractivity contribution >= 4 is 22.2 Å². The smallest absolute Gasteiger partial charge is 0.143 e. The highest BCUT2D eigenvalue weighted by atomic mass is 79.9. The largest absolute Gasteiger partial charge is 0.299 e. The zero-order valence-corrected chi connectivity index (χ0v) is 5.03. The third-order valence-electron chi connectivity index (χ3n) is 0.298. The molecule has 0 fully saturated rings. The molecule has 0 aromatic carbocycles. The maximum absolute atomic E-state index is 9.51. The molecule has 0 spiro atoms. The van der Waals surface area contributed by atoms with Crippen LogP contribution in [0.3, 0.4) is 0 Å². The van der Waals surface area contributed by atoms with Gasteiger partial charge in [-0.25, -0.2) is 0 Å². The van der Waals surface area contributed by atoms with Gasteiger partial charge >= 0.3 is 0 Å². The van der Waals surface area contributed by atoms with Crippen molar-refractivity contribution < 1.29 is 4.79 Å². The summed E-state index contributed by atoms with van der Waals surface area (Å²) in [5.74, 6) is 0. The summed E-state index contributed by atoms with van der Waals surface area (Å²) in [6, 6.07) is 0. The van der Waals surface area contributed by atoms with Crippen molar-refractivity contribution in [3.8, 4) is 0 Å². The van der Waals surface area contributed by atoms with E-state index in [0.717, 1.165) is 10.8 Å². The lowest BCUT2D eigenvalue weighted by Crippen LogP contribution is -1.58. The first-order valence-corrected chi connectivity index (χ1v) is 2.34. The van der Waals surface area contributed by atoms with Crippen molar-refractivity contribution in [1.29, 1.82) is 0 Å². The first kappa shape index (κ1) is 5.89. The summed E-state index contributed by atoms with van der Waals surface area (Å²) in [5.41, 5.74) is 0. The second kappa shape index (κ2) is 3.09. The Morgan fingerprint density at radius 2 is 2.33 bits per heavy atom. The molecule has 0 heterocycles. The predicted molar refractivity (Wildman–Crippen MR) is 28.7 cm³/mol. The topological polar surface area (TPSA) is 17.1 Å². The summed E-state index contributed by atoms with van der Waals surface area (Å²) in [5, 5.41) is 0. The number of hydrogen-bond donors (Lipinski definition) is 0. The molecule has 6 heavy (non-hydrogen) atoms. The van der Waals surface area contributed by atoms with E-state index in [2.05, 4.69) is 15.9 Å². The third-order valence-corrected chi connectivity index (χ3v) is 0.562. The average molecular weight is 149 g/mol. The van der Waals surface area contributed by atoms with Crippen molar-refractivity contribution in [3.05, 3.63) is 10.6 Å². The standard InChI is InChI=1S/C4H5BrO/c1-4(5)2-3-6/h2-3H,1H3/b4-2+. The fourth-order valence-corrected chi connectivity index (χ4v) is 0.202. The Morgan fingerprint density at radius 3 is 2.33 bits per heavy atom. The van der Waals surface area contributed by atoms with Gasteiger partial charge in [0.05, 0.1) is 0 Å². The Balaban J connectivity index is 3.41. The number of hydrogen-bond acceptors (Lipinski definition) is 1. The molecule has 34 valence electrons. The molecule has 0 unspecified atom stereocenters. The molecule has 0 aliphatic carbocycles. The van der Waals surface area contributed by atoms with Crippen LogP contribution < -0.4 is 0 Å². The van der Waals surface area contributed by atoms with E-state index in [1.54, 1.807) is 6.92 Å². The van der Waals surface area contributed by atoms with Crippen molar-refractivity contribution in [3.63, 3.8) is 0 Å². The van der Waals surface area contributed by atoms with Gasteiger partial charge in [0.25, 0.3) is 0 Å². The van der Waals surface area contributed by atoms with Gasteiger partial charge in [0, 0.05) is 0 Å². The zero-order chi connectivity index (χ0) is 4.99. The van der Waals surface area contributed by atoms with E-state index in [-0.39, 0.29) is 0 Å². The number of halogens is 1. The molecule has 0 bridgehead atoms. The summed E-state index contributed by atoms with van der Waals surface area (Å²) < 4.78 is 0.859. The van der Waals surface area contributed by atoms with Gasteiger partial charge < -0.3 is 0 Å². The molecule has 0 radical (unpaired) electrons. The van der Waals surface area contributed by atoms with E-state index < -0.39 is 0 Å². The lowest BCUT2D eigenvalue weighted by molar-refractivity contribution is -0.104. The van der Waals surface area contributed by atoms with Crippen molar-refractivity contribution in [2.45, 2.75) is 6.92 Å². The highest BCUT2D eigenvalue weighted by molar-refractivity contribution is 9.11. The first-order valence-electron chi connectivity index (χ1n) is 1.55. The first-order chi connectivity index (χ1) is 2.77. The maximum atomic E-state index is 9.51. The molecule has 0 N–H and O–H groups in total. The molecular weight excluding hydrogens is 144 g/mol. The number of aldehydes is 1. The van der Waals surface area contributed by atoms with Gasteiger partial charge in [-0.15, -0.1) is 0 Å². The highest BCUT2D eigenvalue weighted by Crippen LogP contribution is 1.97. The average Bonchev–Trinajstić information content (AvgIpc) is 1.35. The van der Waals surface area contributed by atoms with E-state index in [4.69, 9.17) is 0 Å². The molecule has 0 aliphatic rings. The molecule has 1 nitrogen and oxygen atoms in total. The van der Waals surface area contributed by atoms with Gasteiger partial charge in [0.2, 0.25) is 0 Å². The lowest BCUT2D eigenvalue weighted by Gasteiger charge is -1.70. The molecule has 0 aromatic rings. The Hall–Kier alpha value is -0.110. The zero-order valence-electron chi connectivity index (χ0n) is 3.44. The number of carbonyl (C=O) groups excluding carboxylic acids is 1. The maximum Gasteiger partial charge on any atom is 0.143 e. The lowest BCUT2D eigenvalue weighted by atomic mass is 10.6. The van der Waals surface area contributed by atoms with Gasteiger partial charge in [-0.3, -0.25) is 4.79 Å². The molecule has 0 atom stereocenters. The fourth-order valence-electron chi connectivity index (χ4n) is 0.0938. The number of allylic oxidation sites excluding steroid dienone is 2. The SMILES string of the molecule is C/C(Br)=C\C=O. The van der Waals surface area contributed by atoms with Crippen LogP contribution in [0.4, 0.5) is 0 Å². The molecular formula is C4H5BrO. The van der Waals surface area contributed by atoms with Gasteiger partial charge in [-0.2, -0.15) is 0 Å². The van der Waals surface area contributed by atoms with Crippen LogP contribution in [0.2, 0.25) is 0 Å². The minimum absolute atomic E-state index is 0.740. The van der Waals surface area contributed by atoms with E-state index >= 15 is 0 Å². The van der Waals surface area contributed by atoms with E-state index in [9.17, 15) is 4.79 Å². The van der Waals surface area contributed by atoms with Crippen molar-refractivity contribution in [2.24, 2.45) is 0 Å². The second-order valence-electron chi connectivity index (χ2n) is 0.890. The molecule has 2 heteroatoms. The van der Waals surface area contributed by atoms with Crippen molar-refractivity contribution in [2.75, 3.05) is 0 Å². The Morgan fingerprint density at radius 1 is 1.83 bits per heavy atom. The van der Waals surface area contributed by atoms with Crippen LogP contribution in [0.25, 0.3) is 0 Å². The van der Waals surface area contributed by atoms with Gasteiger partial charge in [0.15, 0.2) is 0 Å². The minimum atomic E-state index is 0.740. The molecule has 0 saturated heterocycles. The summed E-state index contributed by atoms with van der Waals surface area (Å²) in [6.07, 6.45) is 2.18. The van der Waals surface area contributed by atoms with E-state index in [1.807, 2.05) is 0 Å².